The highest BCUT2D eigenvalue weighted by atomic mass is 15.2. The zero-order valence-electron chi connectivity index (χ0n) is 57.3. The summed E-state index contributed by atoms with van der Waals surface area (Å²) in [6, 6.07) is 143. The highest BCUT2D eigenvalue weighted by Gasteiger charge is 2.48. The molecular weight excluding hydrogens is 1230 g/mol. The lowest BCUT2D eigenvalue weighted by Gasteiger charge is -2.35. The lowest BCUT2D eigenvalue weighted by molar-refractivity contribution is 0.660. The normalized spacial score (nSPS) is 15.6. The maximum Gasteiger partial charge on any atom is 0.0719 e. The van der Waals surface area contributed by atoms with Crippen molar-refractivity contribution in [3.8, 4) is 77.9 Å². The summed E-state index contributed by atoms with van der Waals surface area (Å²) in [7, 11) is 0. The molecule has 0 heterocycles. The van der Waals surface area contributed by atoms with E-state index in [1.165, 1.54) is 116 Å². The molecule has 0 bridgehead atoms. The van der Waals surface area contributed by atoms with E-state index in [2.05, 4.69) is 413 Å². The molecule has 0 saturated heterocycles. The van der Waals surface area contributed by atoms with E-state index < -0.39 is 10.8 Å². The zero-order chi connectivity index (χ0) is 68.1. The predicted molar refractivity (Wildman–Crippen MR) is 427 cm³/mol. The van der Waals surface area contributed by atoms with E-state index in [4.69, 9.17) is 0 Å². The van der Waals surface area contributed by atoms with Crippen molar-refractivity contribution in [1.29, 1.82) is 0 Å². The van der Waals surface area contributed by atoms with E-state index in [9.17, 15) is 0 Å². The van der Waals surface area contributed by atoms with Gasteiger partial charge in [0.1, 0.15) is 0 Å². The number of anilines is 6. The molecule has 2 nitrogen and oxygen atoms in total. The van der Waals surface area contributed by atoms with Crippen molar-refractivity contribution >= 4 is 44.9 Å². The maximum atomic E-state index is 2.51. The number of rotatable bonds is 13. The fraction of sp³-hybridized carbons (Fsp3) is 0.0600. The molecule has 19 rings (SSSR count). The van der Waals surface area contributed by atoms with Crippen molar-refractivity contribution in [2.24, 2.45) is 0 Å². The van der Waals surface area contributed by atoms with E-state index in [0.717, 1.165) is 56.4 Å². The molecule has 2 heteroatoms. The third-order valence-corrected chi connectivity index (χ3v) is 22.6. The third kappa shape index (κ3) is 9.47. The first-order chi connectivity index (χ1) is 50.2. The van der Waals surface area contributed by atoms with Crippen molar-refractivity contribution < 1.29 is 0 Å². The van der Waals surface area contributed by atoms with Crippen LogP contribution < -0.4 is 9.80 Å². The van der Waals surface area contributed by atoms with Crippen LogP contribution in [0, 0.1) is 0 Å². The van der Waals surface area contributed by atoms with Gasteiger partial charge in [0, 0.05) is 44.7 Å². The standard InChI is InChI=1S/C100H72N2/c1-98(2)88-41-19-15-38-83(88)85-62-60-80(66-94(85)98)102(78-58-52-69(53-59-78)67-26-7-4-8-27-67)96-47-25-45-93-97(96)86-40-17-20-42-89(86)99(93,3)76-35-23-32-74(64-76)71-50-48-68(49-51-71)70-54-56-77(57-55-70)101(95-46-22-18-37-82(95)73-28-9-5-10-29-73)79-61-63-92-87(65-79)84-39-16-21-43-91(84)100(92,75-33-11-6-12-34-75)90-44-24-31-72-30-13-14-36-81(72)90/h4-66H,1-3H3. The van der Waals surface area contributed by atoms with Crippen LogP contribution in [0.1, 0.15) is 70.8 Å². The first-order valence-corrected chi connectivity index (χ1v) is 35.7. The molecule has 0 radical (unpaired) electrons. The van der Waals surface area contributed by atoms with Crippen molar-refractivity contribution in [2.45, 2.75) is 37.0 Å². The third-order valence-electron chi connectivity index (χ3n) is 22.6. The van der Waals surface area contributed by atoms with Crippen LogP contribution >= 0.6 is 0 Å². The average molecular weight is 1300 g/mol. The smallest absolute Gasteiger partial charge is 0.0719 e. The van der Waals surface area contributed by atoms with Gasteiger partial charge in [0.2, 0.25) is 0 Å². The Hall–Kier alpha value is -12.6. The highest BCUT2D eigenvalue weighted by molar-refractivity contribution is 6.00. The van der Waals surface area contributed by atoms with Crippen LogP contribution in [0.3, 0.4) is 0 Å². The Morgan fingerprint density at radius 1 is 0.216 bits per heavy atom. The summed E-state index contributed by atoms with van der Waals surface area (Å²) in [5.74, 6) is 0. The second-order valence-electron chi connectivity index (χ2n) is 28.4. The number of benzene rings is 16. The summed E-state index contributed by atoms with van der Waals surface area (Å²) in [6.45, 7) is 7.19. The number of nitrogens with zero attached hydrogens (tertiary/aromatic N) is 2. The van der Waals surface area contributed by atoms with Crippen molar-refractivity contribution in [2.75, 3.05) is 9.80 Å². The Morgan fingerprint density at radius 2 is 0.637 bits per heavy atom. The van der Waals surface area contributed by atoms with Crippen molar-refractivity contribution in [1.82, 2.24) is 0 Å². The van der Waals surface area contributed by atoms with E-state index in [0.29, 0.717) is 0 Å². The fourth-order valence-corrected chi connectivity index (χ4v) is 17.7. The van der Waals surface area contributed by atoms with Crippen LogP contribution in [-0.4, -0.2) is 0 Å². The molecule has 2 unspecified atom stereocenters. The molecule has 0 fully saturated rings. The molecule has 16 aromatic carbocycles. The molecule has 16 aromatic rings. The van der Waals surface area contributed by atoms with Crippen LogP contribution in [0.2, 0.25) is 0 Å². The molecule has 0 aromatic heterocycles. The van der Waals surface area contributed by atoms with Crippen LogP contribution in [0.4, 0.5) is 34.1 Å². The monoisotopic (exact) mass is 1300 g/mol. The predicted octanol–water partition coefficient (Wildman–Crippen LogP) is 26.5. The molecule has 0 saturated carbocycles. The van der Waals surface area contributed by atoms with Gasteiger partial charge in [-0.2, -0.15) is 0 Å². The van der Waals surface area contributed by atoms with Gasteiger partial charge in [0.25, 0.3) is 0 Å². The topological polar surface area (TPSA) is 6.48 Å². The lowest BCUT2D eigenvalue weighted by Crippen LogP contribution is -2.29. The van der Waals surface area contributed by atoms with Gasteiger partial charge in [-0.1, -0.05) is 329 Å². The Balaban J connectivity index is 0.678. The van der Waals surface area contributed by atoms with E-state index in [1.54, 1.807) is 0 Å². The van der Waals surface area contributed by atoms with Crippen molar-refractivity contribution in [3.05, 3.63) is 432 Å². The van der Waals surface area contributed by atoms with Crippen LogP contribution in [-0.2, 0) is 16.2 Å². The number of para-hydroxylation sites is 1. The van der Waals surface area contributed by atoms with Gasteiger partial charge in [0.05, 0.1) is 16.8 Å². The highest BCUT2D eigenvalue weighted by Crippen LogP contribution is 2.61. The summed E-state index contributed by atoms with van der Waals surface area (Å²) >= 11 is 0. The average Bonchev–Trinajstić information content (AvgIpc) is 1.53. The van der Waals surface area contributed by atoms with E-state index in [-0.39, 0.29) is 5.41 Å². The first-order valence-electron chi connectivity index (χ1n) is 35.7. The Bertz CT molecular complexity index is 5910. The fourth-order valence-electron chi connectivity index (χ4n) is 17.7. The van der Waals surface area contributed by atoms with E-state index >= 15 is 0 Å². The quantitative estimate of drug-likeness (QED) is 0.114. The summed E-state index contributed by atoms with van der Waals surface area (Å²) in [4.78, 5) is 4.97. The van der Waals surface area contributed by atoms with Gasteiger partial charge >= 0.3 is 0 Å². The number of fused-ring (bicyclic) bond motifs is 10. The molecule has 102 heavy (non-hydrogen) atoms. The van der Waals surface area contributed by atoms with E-state index in [1.807, 2.05) is 0 Å². The largest absolute Gasteiger partial charge is 0.310 e. The SMILES string of the molecule is CC1(C)c2ccccc2-c2ccc(N(c3ccc(-c4ccccc4)cc3)c3cccc4c3-c3ccccc3C4(C)c3cccc(-c4ccc(-c5ccc(N(c6ccc7c(c6)-c6ccccc6C7(c6ccccc6)c6cccc7ccccc67)c6ccccc6-c6ccccc6)cc5)cc4)c3)cc21. The summed E-state index contributed by atoms with van der Waals surface area (Å²) in [5.41, 5.74) is 34.2. The van der Waals surface area contributed by atoms with Gasteiger partial charge in [-0.05, 0) is 201 Å². The molecule has 0 spiro atoms. The summed E-state index contributed by atoms with van der Waals surface area (Å²) in [5, 5.41) is 2.49. The van der Waals surface area contributed by atoms with Gasteiger partial charge < -0.3 is 9.80 Å². The molecule has 2 atom stereocenters. The Kier molecular flexibility index (Phi) is 14.3. The molecular formula is C100H72N2. The first kappa shape index (κ1) is 60.5. The van der Waals surface area contributed by atoms with Crippen LogP contribution in [0.15, 0.2) is 382 Å². The van der Waals surface area contributed by atoms with Gasteiger partial charge in [-0.25, -0.2) is 0 Å². The minimum Gasteiger partial charge on any atom is -0.310 e. The zero-order valence-corrected chi connectivity index (χ0v) is 57.3. The Morgan fingerprint density at radius 3 is 1.34 bits per heavy atom. The number of hydrogen-bond donors (Lipinski definition) is 0. The molecule has 0 aliphatic heterocycles. The van der Waals surface area contributed by atoms with Gasteiger partial charge in [0.15, 0.2) is 0 Å². The minimum absolute atomic E-state index is 0.162. The lowest BCUT2D eigenvalue weighted by atomic mass is 9.66. The summed E-state index contributed by atoms with van der Waals surface area (Å²) < 4.78 is 0. The van der Waals surface area contributed by atoms with Gasteiger partial charge in [-0.15, -0.1) is 0 Å². The molecule has 0 amide bonds. The van der Waals surface area contributed by atoms with Gasteiger partial charge in [-0.3, -0.25) is 0 Å². The second kappa shape index (κ2) is 24.1. The molecule has 3 aliphatic rings. The second-order valence-corrected chi connectivity index (χ2v) is 28.4. The van der Waals surface area contributed by atoms with Crippen molar-refractivity contribution in [3.63, 3.8) is 0 Å². The molecule has 0 N–H and O–H groups in total. The summed E-state index contributed by atoms with van der Waals surface area (Å²) in [6.07, 6.45) is 0. The molecule has 482 valence electrons. The number of hydrogen-bond acceptors (Lipinski definition) is 2. The van der Waals surface area contributed by atoms with Crippen LogP contribution in [0.25, 0.3) is 88.7 Å². The molecule has 3 aliphatic carbocycles. The maximum absolute atomic E-state index is 2.51. The minimum atomic E-state index is -0.561. The Labute approximate surface area is 598 Å². The van der Waals surface area contributed by atoms with Crippen LogP contribution in [0.5, 0.6) is 0 Å².